The van der Waals surface area contributed by atoms with Gasteiger partial charge in [0.05, 0.1) is 12.0 Å². The molecule has 96 valence electrons. The van der Waals surface area contributed by atoms with Gasteiger partial charge < -0.3 is 4.74 Å². The van der Waals surface area contributed by atoms with Gasteiger partial charge in [0.25, 0.3) is 0 Å². The van der Waals surface area contributed by atoms with Crippen molar-refractivity contribution in [2.45, 2.75) is 26.2 Å². The Morgan fingerprint density at radius 1 is 1.50 bits per heavy atom. The Labute approximate surface area is 115 Å². The summed E-state index contributed by atoms with van der Waals surface area (Å²) in [7, 11) is 0. The molecule has 0 spiro atoms. The van der Waals surface area contributed by atoms with E-state index in [1.807, 2.05) is 6.08 Å². The molecule has 2 heterocycles. The molecule has 0 saturated carbocycles. The molecule has 0 unspecified atom stereocenters. The minimum absolute atomic E-state index is 0.241. The summed E-state index contributed by atoms with van der Waals surface area (Å²) in [4.78, 5) is 10.5. The minimum atomic E-state index is 0.241. The lowest BCUT2D eigenvalue weighted by Gasteiger charge is -2.05. The smallest absolute Gasteiger partial charge is 0.227 e. The number of allylic oxidation sites excluding steroid dienone is 1. The van der Waals surface area contributed by atoms with Gasteiger partial charge in [-0.1, -0.05) is 13.0 Å². The first-order valence-corrected chi connectivity index (χ1v) is 7.13. The second kappa shape index (κ2) is 6.16. The fourth-order valence-electron chi connectivity index (χ4n) is 1.60. The summed E-state index contributed by atoms with van der Waals surface area (Å²) in [5.41, 5.74) is 0. The number of halogens is 1. The van der Waals surface area contributed by atoms with Crippen LogP contribution in [0.25, 0.3) is 10.2 Å². The van der Waals surface area contributed by atoms with E-state index in [-0.39, 0.29) is 5.28 Å². The third-order valence-electron chi connectivity index (χ3n) is 2.52. The molecule has 0 N–H and O–H groups in total. The van der Waals surface area contributed by atoms with Crippen LogP contribution in [0.3, 0.4) is 0 Å². The predicted molar refractivity (Wildman–Crippen MR) is 76.7 cm³/mol. The van der Waals surface area contributed by atoms with Gasteiger partial charge in [0, 0.05) is 4.88 Å². The number of unbranched alkanes of at least 4 members (excludes halogenated alkanes) is 1. The molecule has 5 heteroatoms. The Kier molecular flexibility index (Phi) is 4.55. The van der Waals surface area contributed by atoms with Gasteiger partial charge in [0.15, 0.2) is 0 Å². The lowest BCUT2D eigenvalue weighted by molar-refractivity contribution is 0.304. The van der Waals surface area contributed by atoms with Gasteiger partial charge in [0.2, 0.25) is 11.2 Å². The first-order chi connectivity index (χ1) is 8.74. The molecule has 0 aliphatic heterocycles. The third-order valence-corrected chi connectivity index (χ3v) is 3.86. The first-order valence-electron chi connectivity index (χ1n) is 5.94. The molecule has 0 atom stereocenters. The number of ether oxygens (including phenoxy) is 1. The molecule has 0 aliphatic carbocycles. The lowest BCUT2D eigenvalue weighted by atomic mass is 10.3. The maximum Gasteiger partial charge on any atom is 0.227 e. The Morgan fingerprint density at radius 2 is 2.33 bits per heavy atom. The molecule has 0 aromatic carbocycles. The van der Waals surface area contributed by atoms with Crippen LogP contribution in [-0.2, 0) is 6.42 Å². The number of nitrogens with zero attached hydrogens (tertiary/aromatic N) is 2. The fourth-order valence-corrected chi connectivity index (χ4v) is 2.77. The average molecular weight is 283 g/mol. The maximum atomic E-state index is 5.90. The van der Waals surface area contributed by atoms with Crippen molar-refractivity contribution in [3.8, 4) is 5.88 Å². The van der Waals surface area contributed by atoms with Crippen molar-refractivity contribution >= 4 is 33.2 Å². The molecule has 0 bridgehead atoms. The number of thiophene rings is 1. The van der Waals surface area contributed by atoms with Gasteiger partial charge in [-0.2, -0.15) is 4.98 Å². The van der Waals surface area contributed by atoms with Gasteiger partial charge in [-0.05, 0) is 36.9 Å². The average Bonchev–Trinajstić information content (AvgIpc) is 2.77. The molecular weight excluding hydrogens is 268 g/mol. The van der Waals surface area contributed by atoms with Crippen LogP contribution >= 0.6 is 22.9 Å². The van der Waals surface area contributed by atoms with E-state index in [1.165, 1.54) is 4.88 Å². The third kappa shape index (κ3) is 3.00. The standard InChI is InChI=1S/C13H15ClN2OS/c1-3-5-6-7-17-11-10-8-9(4-2)18-12(10)16-13(14)15-11/h3,8H,1,4-7H2,2H3. The van der Waals surface area contributed by atoms with Gasteiger partial charge in [0.1, 0.15) is 4.83 Å². The van der Waals surface area contributed by atoms with Crippen LogP contribution in [0.2, 0.25) is 5.28 Å². The number of aryl methyl sites for hydroxylation is 1. The van der Waals surface area contributed by atoms with E-state index < -0.39 is 0 Å². The zero-order valence-corrected chi connectivity index (χ0v) is 11.9. The molecule has 18 heavy (non-hydrogen) atoms. The fraction of sp³-hybridized carbons (Fsp3) is 0.385. The second-order valence-electron chi connectivity index (χ2n) is 3.86. The Hall–Kier alpha value is -1.13. The van der Waals surface area contributed by atoms with E-state index in [4.69, 9.17) is 16.3 Å². The zero-order chi connectivity index (χ0) is 13.0. The Morgan fingerprint density at radius 3 is 3.06 bits per heavy atom. The van der Waals surface area contributed by atoms with Gasteiger partial charge >= 0.3 is 0 Å². The molecule has 3 nitrogen and oxygen atoms in total. The monoisotopic (exact) mass is 282 g/mol. The summed E-state index contributed by atoms with van der Waals surface area (Å²) in [6.07, 6.45) is 4.73. The van der Waals surface area contributed by atoms with Crippen molar-refractivity contribution in [3.63, 3.8) is 0 Å². The van der Waals surface area contributed by atoms with Gasteiger partial charge in [-0.3, -0.25) is 0 Å². The van der Waals surface area contributed by atoms with Crippen LogP contribution in [0, 0.1) is 0 Å². The number of hydrogen-bond donors (Lipinski definition) is 0. The lowest BCUT2D eigenvalue weighted by Crippen LogP contribution is -1.99. The molecule has 0 fully saturated rings. The molecular formula is C13H15ClN2OS. The van der Waals surface area contributed by atoms with Crippen LogP contribution in [-0.4, -0.2) is 16.6 Å². The van der Waals surface area contributed by atoms with Crippen LogP contribution in [0.15, 0.2) is 18.7 Å². The molecule has 2 rings (SSSR count). The van der Waals surface area contributed by atoms with E-state index in [0.717, 1.165) is 29.5 Å². The second-order valence-corrected chi connectivity index (χ2v) is 5.32. The highest BCUT2D eigenvalue weighted by atomic mass is 35.5. The zero-order valence-electron chi connectivity index (χ0n) is 10.3. The summed E-state index contributed by atoms with van der Waals surface area (Å²) in [6.45, 7) is 6.42. The SMILES string of the molecule is C=CCCCOc1nc(Cl)nc2sc(CC)cc12. The topological polar surface area (TPSA) is 35.0 Å². The Bertz CT molecular complexity index is 553. The summed E-state index contributed by atoms with van der Waals surface area (Å²) >= 11 is 7.54. The number of hydrogen-bond acceptors (Lipinski definition) is 4. The van der Waals surface area contributed by atoms with Gasteiger partial charge in [-0.15, -0.1) is 17.9 Å². The van der Waals surface area contributed by atoms with E-state index >= 15 is 0 Å². The largest absolute Gasteiger partial charge is 0.477 e. The van der Waals surface area contributed by atoms with Crippen molar-refractivity contribution in [2.75, 3.05) is 6.61 Å². The number of rotatable bonds is 6. The number of aromatic nitrogens is 2. The highest BCUT2D eigenvalue weighted by Crippen LogP contribution is 2.31. The summed E-state index contributed by atoms with van der Waals surface area (Å²) in [5, 5.41) is 1.20. The molecule has 0 amide bonds. The van der Waals surface area contributed by atoms with Crippen molar-refractivity contribution in [3.05, 3.63) is 28.9 Å². The normalized spacial score (nSPS) is 10.8. The number of fused-ring (bicyclic) bond motifs is 1. The molecule has 0 saturated heterocycles. The van der Waals surface area contributed by atoms with Crippen LogP contribution < -0.4 is 4.74 Å². The van der Waals surface area contributed by atoms with Crippen LogP contribution in [0.5, 0.6) is 5.88 Å². The van der Waals surface area contributed by atoms with Gasteiger partial charge in [-0.25, -0.2) is 4.98 Å². The van der Waals surface area contributed by atoms with E-state index in [9.17, 15) is 0 Å². The highest BCUT2D eigenvalue weighted by Gasteiger charge is 2.11. The quantitative estimate of drug-likeness (QED) is 0.451. The van der Waals surface area contributed by atoms with E-state index in [0.29, 0.717) is 12.5 Å². The van der Waals surface area contributed by atoms with Crippen molar-refractivity contribution in [1.29, 1.82) is 0 Å². The van der Waals surface area contributed by atoms with E-state index in [2.05, 4.69) is 29.5 Å². The summed E-state index contributed by atoms with van der Waals surface area (Å²) < 4.78 is 5.68. The highest BCUT2D eigenvalue weighted by molar-refractivity contribution is 7.18. The molecule has 0 radical (unpaired) electrons. The predicted octanol–water partition coefficient (Wildman–Crippen LogP) is 4.25. The maximum absolute atomic E-state index is 5.90. The Balaban J connectivity index is 2.24. The summed E-state index contributed by atoms with van der Waals surface area (Å²) in [6, 6.07) is 2.08. The molecule has 2 aromatic rings. The van der Waals surface area contributed by atoms with E-state index in [1.54, 1.807) is 11.3 Å². The molecule has 0 aliphatic rings. The van der Waals surface area contributed by atoms with Crippen molar-refractivity contribution < 1.29 is 4.74 Å². The van der Waals surface area contributed by atoms with Crippen molar-refractivity contribution in [1.82, 2.24) is 9.97 Å². The van der Waals surface area contributed by atoms with Crippen molar-refractivity contribution in [2.24, 2.45) is 0 Å². The first kappa shape index (κ1) is 13.3. The summed E-state index contributed by atoms with van der Waals surface area (Å²) in [5.74, 6) is 0.588. The van der Waals surface area contributed by atoms with Crippen LogP contribution in [0.4, 0.5) is 0 Å². The van der Waals surface area contributed by atoms with Crippen LogP contribution in [0.1, 0.15) is 24.6 Å². The minimum Gasteiger partial charge on any atom is -0.477 e. The molecule has 2 aromatic heterocycles.